The average Bonchev–Trinajstić information content (AvgIpc) is 2.79. The third-order valence-electron chi connectivity index (χ3n) is 5.10. The topological polar surface area (TPSA) is 31.4 Å². The van der Waals surface area contributed by atoms with E-state index in [4.69, 9.17) is 7.58 Å². The molecule has 0 fully saturated rings. The summed E-state index contributed by atoms with van der Waals surface area (Å²) < 4.78 is 11.9. The lowest BCUT2D eigenvalue weighted by molar-refractivity contribution is 0.461. The molecule has 0 aliphatic carbocycles. The molecule has 1 heterocycles. The Hall–Kier alpha value is -3.32. The Labute approximate surface area is 182 Å². The molecule has 4 aromatic carbocycles. The summed E-state index contributed by atoms with van der Waals surface area (Å²) >= 11 is -0.694. The molecule has 0 N–H and O–H groups in total. The highest BCUT2D eigenvalue weighted by Crippen LogP contribution is 2.27. The number of para-hydroxylation sites is 1. The molecule has 143 valence electrons. The summed E-state index contributed by atoms with van der Waals surface area (Å²) in [5, 5.41) is 3.40. The van der Waals surface area contributed by atoms with Crippen molar-refractivity contribution >= 4 is 37.6 Å². The smallest absolute Gasteiger partial charge is 0.616 e. The number of fused-ring (bicyclic) bond motifs is 2. The van der Waals surface area contributed by atoms with Gasteiger partial charge in [0.15, 0.2) is 0 Å². The second-order valence-corrected chi connectivity index (χ2v) is 7.87. The van der Waals surface area contributed by atoms with Crippen LogP contribution in [0.4, 0.5) is 0 Å². The molecule has 0 atom stereocenters. The van der Waals surface area contributed by atoms with Crippen molar-refractivity contribution in [1.82, 2.24) is 4.98 Å². The molecule has 1 aromatic heterocycles. The Bertz CT molecular complexity index is 1340. The van der Waals surface area contributed by atoms with Gasteiger partial charge in [0.25, 0.3) is 0 Å². The van der Waals surface area contributed by atoms with Crippen LogP contribution >= 0.6 is 0 Å². The summed E-state index contributed by atoms with van der Waals surface area (Å²) in [5.74, 6) is 1.58. The fraction of sp³-hybridized carbons (Fsp3) is 0.0385. The summed E-state index contributed by atoms with van der Waals surface area (Å²) in [4.78, 5) is 4.61. The van der Waals surface area contributed by atoms with Gasteiger partial charge in [-0.1, -0.05) is 66.7 Å². The number of aryl methyl sites for hydroxylation is 1. The molecule has 0 amide bonds. The van der Waals surface area contributed by atoms with E-state index in [0.29, 0.717) is 0 Å². The summed E-state index contributed by atoms with van der Waals surface area (Å²) in [6, 6.07) is 33.1. The van der Waals surface area contributed by atoms with E-state index in [1.807, 2.05) is 43.3 Å². The zero-order valence-corrected chi connectivity index (χ0v) is 17.7. The van der Waals surface area contributed by atoms with E-state index in [1.54, 1.807) is 0 Å². The minimum atomic E-state index is -0.694. The molecule has 0 aliphatic rings. The maximum atomic E-state index is 5.97. The van der Waals surface area contributed by atoms with E-state index in [0.717, 1.165) is 33.5 Å². The van der Waals surface area contributed by atoms with Crippen molar-refractivity contribution < 1.29 is 7.58 Å². The second-order valence-electron chi connectivity index (χ2n) is 7.20. The molecule has 0 unspecified atom stereocenters. The van der Waals surface area contributed by atoms with Crippen LogP contribution in [0.1, 0.15) is 5.69 Å². The molecule has 5 aromatic rings. The molecule has 30 heavy (non-hydrogen) atoms. The lowest BCUT2D eigenvalue weighted by Crippen LogP contribution is -2.11. The van der Waals surface area contributed by atoms with Crippen LogP contribution in [-0.2, 0) is 0 Å². The monoisotopic (exact) mass is 404 g/mol. The van der Waals surface area contributed by atoms with Crippen LogP contribution in [0.2, 0.25) is 0 Å². The van der Waals surface area contributed by atoms with Crippen molar-refractivity contribution in [2.45, 2.75) is 6.92 Å². The zero-order chi connectivity index (χ0) is 20.3. The molecule has 0 spiro atoms. The minimum absolute atomic E-state index is 0.694. The van der Waals surface area contributed by atoms with Gasteiger partial charge in [0.1, 0.15) is 11.3 Å². The average molecular weight is 404 g/mol. The number of benzene rings is 4. The molecule has 0 bridgehead atoms. The Morgan fingerprint density at radius 1 is 0.633 bits per heavy atom. The molecule has 0 saturated carbocycles. The third kappa shape index (κ3) is 3.89. The minimum Gasteiger partial charge on any atom is -0.616 e. The van der Waals surface area contributed by atoms with E-state index in [9.17, 15) is 0 Å². The van der Waals surface area contributed by atoms with E-state index in [-0.39, 0.29) is 0 Å². The van der Waals surface area contributed by atoms with Crippen LogP contribution in [0, 0.1) is 6.92 Å². The lowest BCUT2D eigenvalue weighted by atomic mass is 10.0. The standard InChI is InChI=1S/C16H12O.C10H9NO.Al/c17-16-9-8-14-10-13(6-7-15(14)11-16)12-4-2-1-3-5-12;1-7-5-6-8-3-2-4-9(12)10(8)11-7;/h1-11,17H;2-6,12H,1H3;/q;;+2/p-2. The molecule has 3 nitrogen and oxygen atoms in total. The maximum Gasteiger partial charge on any atom is 0.881 e. The maximum absolute atomic E-state index is 5.97. The number of hydrogen-bond acceptors (Lipinski definition) is 3. The highest BCUT2D eigenvalue weighted by Gasteiger charge is 2.10. The van der Waals surface area contributed by atoms with Gasteiger partial charge in [-0.05, 0) is 59.2 Å². The number of aromatic nitrogens is 1. The second kappa shape index (κ2) is 8.20. The first-order valence-electron chi connectivity index (χ1n) is 9.87. The summed E-state index contributed by atoms with van der Waals surface area (Å²) in [6.45, 7) is 1.98. The fourth-order valence-electron chi connectivity index (χ4n) is 3.55. The van der Waals surface area contributed by atoms with Crippen molar-refractivity contribution in [1.29, 1.82) is 0 Å². The third-order valence-corrected chi connectivity index (χ3v) is 5.82. The largest absolute Gasteiger partial charge is 0.881 e. The van der Waals surface area contributed by atoms with Crippen molar-refractivity contribution in [2.75, 3.05) is 0 Å². The van der Waals surface area contributed by atoms with Crippen molar-refractivity contribution in [3.63, 3.8) is 0 Å². The fourth-order valence-corrected chi connectivity index (χ4v) is 4.15. The van der Waals surface area contributed by atoms with Crippen LogP contribution in [0.3, 0.4) is 0 Å². The first-order valence-corrected chi connectivity index (χ1v) is 10.8. The van der Waals surface area contributed by atoms with Crippen molar-refractivity contribution in [3.05, 3.63) is 103 Å². The Morgan fingerprint density at radius 2 is 1.43 bits per heavy atom. The number of hydrogen-bond donors (Lipinski definition) is 0. The van der Waals surface area contributed by atoms with Gasteiger partial charge < -0.3 is 7.58 Å². The number of nitrogens with zero attached hydrogens (tertiary/aromatic N) is 1. The SMILES string of the molecule is Cc1ccc2cccc([O][Al][O]c3ccc4cc(-c5ccccc5)ccc4c3)c2n1. The quantitative estimate of drug-likeness (QED) is 0.320. The van der Waals surface area contributed by atoms with Gasteiger partial charge in [0.2, 0.25) is 0 Å². The van der Waals surface area contributed by atoms with E-state index >= 15 is 0 Å². The van der Waals surface area contributed by atoms with Gasteiger partial charge in [-0.25, -0.2) is 4.98 Å². The molecular weight excluding hydrogens is 385 g/mol. The molecule has 4 heteroatoms. The summed E-state index contributed by atoms with van der Waals surface area (Å²) in [6.07, 6.45) is 0. The lowest BCUT2D eigenvalue weighted by Gasteiger charge is -2.11. The zero-order valence-electron chi connectivity index (χ0n) is 16.6. The highest BCUT2D eigenvalue weighted by atomic mass is 27.2. The highest BCUT2D eigenvalue weighted by molar-refractivity contribution is 6.21. The molecule has 0 aliphatic heterocycles. The van der Waals surface area contributed by atoms with Crippen molar-refractivity contribution in [2.24, 2.45) is 0 Å². The summed E-state index contributed by atoms with van der Waals surface area (Å²) in [5.41, 5.74) is 4.28. The summed E-state index contributed by atoms with van der Waals surface area (Å²) in [7, 11) is 0. The van der Waals surface area contributed by atoms with Gasteiger partial charge in [0.05, 0.1) is 5.75 Å². The number of pyridine rings is 1. The first kappa shape index (κ1) is 18.7. The Morgan fingerprint density at radius 3 is 2.33 bits per heavy atom. The van der Waals surface area contributed by atoms with Gasteiger partial charge in [0, 0.05) is 11.1 Å². The predicted molar refractivity (Wildman–Crippen MR) is 123 cm³/mol. The molecular formula is C26H19AlNO2. The van der Waals surface area contributed by atoms with Gasteiger partial charge in [-0.2, -0.15) is 0 Å². The molecule has 5 rings (SSSR count). The molecule has 1 radical (unpaired) electrons. The Kier molecular flexibility index (Phi) is 5.11. The Balaban J connectivity index is 1.32. The van der Waals surface area contributed by atoms with Crippen molar-refractivity contribution in [3.8, 4) is 22.6 Å². The van der Waals surface area contributed by atoms with E-state index < -0.39 is 15.9 Å². The van der Waals surface area contributed by atoms with Crippen LogP contribution in [0.25, 0.3) is 32.8 Å². The van der Waals surface area contributed by atoms with Crippen LogP contribution < -0.4 is 7.58 Å². The van der Waals surface area contributed by atoms with E-state index in [1.165, 1.54) is 16.5 Å². The predicted octanol–water partition coefficient (Wildman–Crippen LogP) is 6.36. The van der Waals surface area contributed by atoms with E-state index in [2.05, 4.69) is 65.6 Å². The molecule has 0 saturated heterocycles. The van der Waals surface area contributed by atoms with Gasteiger partial charge in [-0.15, -0.1) is 0 Å². The van der Waals surface area contributed by atoms with Gasteiger partial charge >= 0.3 is 15.9 Å². The first-order chi connectivity index (χ1) is 14.8. The van der Waals surface area contributed by atoms with Crippen LogP contribution in [0.15, 0.2) is 97.1 Å². The number of rotatable bonds is 5. The normalized spacial score (nSPS) is 10.8. The van der Waals surface area contributed by atoms with Crippen LogP contribution in [-0.4, -0.2) is 20.9 Å². The van der Waals surface area contributed by atoms with Gasteiger partial charge in [-0.3, -0.25) is 0 Å². The van der Waals surface area contributed by atoms with Crippen LogP contribution in [0.5, 0.6) is 11.5 Å².